The first-order valence-corrected chi connectivity index (χ1v) is 11.6. The van der Waals surface area contributed by atoms with Gasteiger partial charge in [0, 0.05) is 11.3 Å². The van der Waals surface area contributed by atoms with Crippen molar-refractivity contribution in [3.05, 3.63) is 65.1 Å². The van der Waals surface area contributed by atoms with Gasteiger partial charge in [0.15, 0.2) is 5.11 Å². The standard InChI is InChI=1S/C25H24N4O4S/c1-14-11-18(13-27-22(14)26-3)28-23(32)25(9-4-10-25)29(24(28)34)17-7-5-16(6-8-17)20-12-19(30)21(31)15(2)33-20/h5-8,11-13,15,19,21,30-31H,4,9-10H2,1-2H3/t15-,19-,21-/m0/s1. The molecule has 0 bridgehead atoms. The van der Waals surface area contributed by atoms with E-state index in [9.17, 15) is 15.0 Å². The first-order chi connectivity index (χ1) is 16.3. The van der Waals surface area contributed by atoms with Crippen LogP contribution in [0.2, 0.25) is 0 Å². The van der Waals surface area contributed by atoms with Crippen LogP contribution in [0.25, 0.3) is 10.6 Å². The topological polar surface area (TPSA) is 90.5 Å². The highest BCUT2D eigenvalue weighted by Crippen LogP contribution is 2.48. The molecule has 1 aliphatic carbocycles. The minimum Gasteiger partial charge on any atom is -0.488 e. The molecule has 2 N–H and O–H groups in total. The zero-order valence-corrected chi connectivity index (χ0v) is 19.6. The Hall–Kier alpha value is -3.32. The first-order valence-electron chi connectivity index (χ1n) is 11.1. The molecule has 1 aromatic carbocycles. The van der Waals surface area contributed by atoms with Crippen molar-refractivity contribution in [2.75, 3.05) is 9.80 Å². The molecule has 0 radical (unpaired) electrons. The van der Waals surface area contributed by atoms with Gasteiger partial charge in [-0.25, -0.2) is 0 Å². The number of anilines is 2. The Morgan fingerprint density at radius 2 is 1.94 bits per heavy atom. The fourth-order valence-electron chi connectivity index (χ4n) is 4.78. The van der Waals surface area contributed by atoms with Crippen LogP contribution in [0, 0.1) is 13.5 Å². The highest BCUT2D eigenvalue weighted by Gasteiger charge is 2.59. The molecule has 2 aromatic rings. The maximum atomic E-state index is 13.6. The molecule has 2 fully saturated rings. The lowest BCUT2D eigenvalue weighted by molar-refractivity contribution is -0.123. The summed E-state index contributed by atoms with van der Waals surface area (Å²) in [7, 11) is 0. The Morgan fingerprint density at radius 3 is 2.50 bits per heavy atom. The number of carbonyl (C=O) groups excluding carboxylic acids is 1. The minimum absolute atomic E-state index is 0.0751. The Balaban J connectivity index is 1.48. The fraction of sp³-hybridized carbons (Fsp3) is 0.360. The van der Waals surface area contributed by atoms with Gasteiger partial charge in [-0.3, -0.25) is 9.69 Å². The van der Waals surface area contributed by atoms with Crippen molar-refractivity contribution in [1.29, 1.82) is 0 Å². The molecular weight excluding hydrogens is 452 g/mol. The van der Waals surface area contributed by atoms with E-state index in [1.54, 1.807) is 19.9 Å². The van der Waals surface area contributed by atoms with Gasteiger partial charge < -0.3 is 24.7 Å². The summed E-state index contributed by atoms with van der Waals surface area (Å²) < 4.78 is 5.76. The van der Waals surface area contributed by atoms with Crippen molar-refractivity contribution in [3.8, 4) is 0 Å². The van der Waals surface area contributed by atoms with E-state index in [0.717, 1.165) is 17.7 Å². The van der Waals surface area contributed by atoms with E-state index in [-0.39, 0.29) is 5.91 Å². The van der Waals surface area contributed by atoms with Crippen molar-refractivity contribution >= 4 is 46.2 Å². The van der Waals surface area contributed by atoms with Gasteiger partial charge in [0.05, 0.1) is 5.69 Å². The van der Waals surface area contributed by atoms with Crippen molar-refractivity contribution < 1.29 is 19.7 Å². The van der Waals surface area contributed by atoms with Gasteiger partial charge >= 0.3 is 0 Å². The molecule has 1 aromatic heterocycles. The molecule has 0 unspecified atom stereocenters. The summed E-state index contributed by atoms with van der Waals surface area (Å²) in [5.41, 5.74) is 2.08. The van der Waals surface area contributed by atoms with E-state index in [2.05, 4.69) is 9.83 Å². The molecule has 174 valence electrons. The predicted octanol–water partition coefficient (Wildman–Crippen LogP) is 3.48. The lowest BCUT2D eigenvalue weighted by Crippen LogP contribution is -2.55. The number of thiocarbonyl (C=S) groups is 1. The number of rotatable bonds is 3. The largest absolute Gasteiger partial charge is 0.488 e. The van der Waals surface area contributed by atoms with Crippen molar-refractivity contribution in [2.45, 2.75) is 57.0 Å². The highest BCUT2D eigenvalue weighted by atomic mass is 32.1. The van der Waals surface area contributed by atoms with Crippen LogP contribution < -0.4 is 9.80 Å². The summed E-state index contributed by atoms with van der Waals surface area (Å²) in [5.74, 6) is 0.727. The average Bonchev–Trinajstić information content (AvgIpc) is 3.04. The Bertz CT molecular complexity index is 1250. The van der Waals surface area contributed by atoms with E-state index >= 15 is 0 Å². The molecule has 1 saturated heterocycles. The summed E-state index contributed by atoms with van der Waals surface area (Å²) >= 11 is 5.80. The van der Waals surface area contributed by atoms with Crippen LogP contribution in [-0.4, -0.2) is 50.1 Å². The first kappa shape index (κ1) is 22.5. The van der Waals surface area contributed by atoms with Crippen LogP contribution in [-0.2, 0) is 9.53 Å². The van der Waals surface area contributed by atoms with Crippen molar-refractivity contribution in [1.82, 2.24) is 4.98 Å². The summed E-state index contributed by atoms with van der Waals surface area (Å²) in [6.45, 7) is 10.7. The maximum absolute atomic E-state index is 13.6. The van der Waals surface area contributed by atoms with Crippen LogP contribution in [0.5, 0.6) is 0 Å². The molecule has 5 rings (SSSR count). The molecule has 3 aliphatic rings. The molecular formula is C25H24N4O4S. The van der Waals surface area contributed by atoms with Crippen LogP contribution in [0.15, 0.2) is 42.6 Å². The molecule has 3 heterocycles. The smallest absolute Gasteiger partial charge is 0.272 e. The molecule has 1 spiro atoms. The SMILES string of the molecule is [C-]#[N+]c1ncc(N2C(=O)C3(CCC3)N(c3ccc(C4=C[C@H](O)[C@@H](O)[C@H](C)O4)cc3)C2=S)cc1C. The van der Waals surface area contributed by atoms with Gasteiger partial charge in [0.1, 0.15) is 35.8 Å². The van der Waals surface area contributed by atoms with Crippen molar-refractivity contribution in [2.24, 2.45) is 0 Å². The zero-order valence-electron chi connectivity index (χ0n) is 18.8. The van der Waals surface area contributed by atoms with E-state index in [4.69, 9.17) is 23.5 Å². The second-order valence-corrected chi connectivity index (χ2v) is 9.34. The number of nitrogens with zero attached hydrogens (tertiary/aromatic N) is 4. The number of aliphatic hydroxyl groups is 2. The van der Waals surface area contributed by atoms with Crippen molar-refractivity contribution in [3.63, 3.8) is 0 Å². The van der Waals surface area contributed by atoms with Crippen LogP contribution in [0.4, 0.5) is 17.2 Å². The van der Waals surface area contributed by atoms with E-state index in [1.807, 2.05) is 29.2 Å². The highest BCUT2D eigenvalue weighted by molar-refractivity contribution is 7.81. The quantitative estimate of drug-likeness (QED) is 0.518. The van der Waals surface area contributed by atoms with Gasteiger partial charge in [-0.15, -0.1) is 4.98 Å². The van der Waals surface area contributed by atoms with E-state index in [0.29, 0.717) is 40.8 Å². The number of carbonyl (C=O) groups is 1. The number of aliphatic hydroxyl groups excluding tert-OH is 2. The number of hydrogen-bond donors (Lipinski definition) is 2. The summed E-state index contributed by atoms with van der Waals surface area (Å²) in [4.78, 5) is 24.7. The van der Waals surface area contributed by atoms with Gasteiger partial charge in [-0.1, -0.05) is 6.57 Å². The van der Waals surface area contributed by atoms with Gasteiger partial charge in [-0.2, -0.15) is 0 Å². The Labute approximate surface area is 202 Å². The second kappa shape index (κ2) is 8.17. The number of aryl methyl sites for hydroxylation is 1. The lowest BCUT2D eigenvalue weighted by Gasteiger charge is -2.43. The van der Waals surface area contributed by atoms with E-state index < -0.39 is 23.9 Å². The van der Waals surface area contributed by atoms with E-state index in [1.165, 1.54) is 17.2 Å². The normalized spacial score (nSPS) is 25.6. The number of ether oxygens (including phenoxy) is 1. The third kappa shape index (κ3) is 3.29. The molecule has 1 amide bonds. The zero-order chi connectivity index (χ0) is 24.2. The summed E-state index contributed by atoms with van der Waals surface area (Å²) in [5, 5.41) is 20.4. The molecule has 34 heavy (non-hydrogen) atoms. The number of benzene rings is 1. The molecule has 2 aliphatic heterocycles. The van der Waals surface area contributed by atoms with Crippen LogP contribution in [0.1, 0.15) is 37.3 Å². The molecule has 1 saturated carbocycles. The third-order valence-corrected chi connectivity index (χ3v) is 7.23. The lowest BCUT2D eigenvalue weighted by atomic mass is 9.75. The average molecular weight is 477 g/mol. The summed E-state index contributed by atoms with van der Waals surface area (Å²) in [6, 6.07) is 9.26. The monoisotopic (exact) mass is 476 g/mol. The fourth-order valence-corrected chi connectivity index (χ4v) is 5.25. The Morgan fingerprint density at radius 1 is 1.24 bits per heavy atom. The third-order valence-electron chi connectivity index (χ3n) is 6.87. The summed E-state index contributed by atoms with van der Waals surface area (Å²) in [6.07, 6.45) is 2.86. The Kier molecular flexibility index (Phi) is 5.40. The molecule has 9 heteroatoms. The number of aromatic nitrogens is 1. The van der Waals surface area contributed by atoms with Crippen LogP contribution in [0.3, 0.4) is 0 Å². The second-order valence-electron chi connectivity index (χ2n) is 8.97. The van der Waals surface area contributed by atoms with Crippen LogP contribution >= 0.6 is 12.2 Å². The van der Waals surface area contributed by atoms with Gasteiger partial charge in [0.25, 0.3) is 11.7 Å². The molecule has 3 atom stereocenters. The number of hydrogen-bond acceptors (Lipinski definition) is 6. The number of pyridine rings is 1. The molecule has 8 nitrogen and oxygen atoms in total. The van der Waals surface area contributed by atoms with Gasteiger partial charge in [-0.05, 0) is 87.3 Å². The maximum Gasteiger partial charge on any atom is 0.272 e. The van der Waals surface area contributed by atoms with Gasteiger partial charge in [0.2, 0.25) is 0 Å². The number of amides is 1. The minimum atomic E-state index is -1.000. The predicted molar refractivity (Wildman–Crippen MR) is 131 cm³/mol.